The van der Waals surface area contributed by atoms with Crippen LogP contribution in [0, 0.1) is 17.3 Å². The third-order valence-corrected chi connectivity index (χ3v) is 6.22. The maximum absolute atomic E-state index is 13.0. The lowest BCUT2D eigenvalue weighted by molar-refractivity contribution is -0.148. The van der Waals surface area contributed by atoms with Crippen LogP contribution >= 0.6 is 0 Å². The number of carbonyl (C=O) groups is 3. The smallest absolute Gasteiger partial charge is 0.451 e. The van der Waals surface area contributed by atoms with Crippen LogP contribution < -0.4 is 16.4 Å². The first-order chi connectivity index (χ1) is 15.4. The molecular formula is C23H44BN3O7. The molecule has 10 nitrogen and oxygen atoms in total. The molecule has 0 bridgehead atoms. The van der Waals surface area contributed by atoms with Gasteiger partial charge in [0.05, 0.1) is 0 Å². The van der Waals surface area contributed by atoms with Gasteiger partial charge in [-0.05, 0) is 70.5 Å². The summed E-state index contributed by atoms with van der Waals surface area (Å²) in [6.07, 6.45) is 2.39. The predicted molar refractivity (Wildman–Crippen MR) is 130 cm³/mol. The van der Waals surface area contributed by atoms with Crippen molar-refractivity contribution in [1.82, 2.24) is 10.6 Å². The average Bonchev–Trinajstić information content (AvgIpc) is 2.66. The molecule has 0 aromatic carbocycles. The fourth-order valence-electron chi connectivity index (χ4n) is 4.26. The molecule has 0 aliphatic heterocycles. The molecule has 7 N–H and O–H groups in total. The summed E-state index contributed by atoms with van der Waals surface area (Å²) in [5, 5.41) is 33.5. The number of alkyl carbamates (subject to hydrolysis) is 1. The van der Waals surface area contributed by atoms with Gasteiger partial charge in [-0.2, -0.15) is 0 Å². The highest BCUT2D eigenvalue weighted by Crippen LogP contribution is 2.38. The maximum atomic E-state index is 13.0. The van der Waals surface area contributed by atoms with Gasteiger partial charge >= 0.3 is 19.2 Å². The van der Waals surface area contributed by atoms with E-state index in [2.05, 4.69) is 10.6 Å². The monoisotopic (exact) mass is 485 g/mol. The molecule has 2 amide bonds. The van der Waals surface area contributed by atoms with E-state index in [9.17, 15) is 19.5 Å². The first-order valence-corrected chi connectivity index (χ1v) is 12.1. The molecule has 4 atom stereocenters. The Morgan fingerprint density at radius 3 is 2.26 bits per heavy atom. The van der Waals surface area contributed by atoms with Crippen LogP contribution in [0.1, 0.15) is 80.1 Å². The molecule has 1 fully saturated rings. The molecule has 1 saturated carbocycles. The van der Waals surface area contributed by atoms with Crippen molar-refractivity contribution >= 4 is 25.1 Å². The van der Waals surface area contributed by atoms with E-state index in [-0.39, 0.29) is 30.6 Å². The van der Waals surface area contributed by atoms with E-state index in [1.54, 1.807) is 20.8 Å². The Balaban J connectivity index is 2.84. The molecule has 34 heavy (non-hydrogen) atoms. The first kappa shape index (κ1) is 30.2. The lowest BCUT2D eigenvalue weighted by atomic mass is 9.66. The Hall–Kier alpha value is -1.85. The number of carboxylic acids is 1. The summed E-state index contributed by atoms with van der Waals surface area (Å²) in [4.78, 5) is 37.3. The van der Waals surface area contributed by atoms with Crippen molar-refractivity contribution < 1.29 is 34.3 Å². The van der Waals surface area contributed by atoms with Crippen molar-refractivity contribution in [2.24, 2.45) is 23.0 Å². The number of amides is 2. The molecule has 0 radical (unpaired) electrons. The predicted octanol–water partition coefficient (Wildman–Crippen LogP) is 1.88. The number of rotatable bonds is 10. The van der Waals surface area contributed by atoms with E-state index in [1.807, 2.05) is 20.8 Å². The van der Waals surface area contributed by atoms with E-state index in [1.165, 1.54) is 0 Å². The van der Waals surface area contributed by atoms with Crippen molar-refractivity contribution in [3.8, 4) is 0 Å². The molecule has 0 heterocycles. The van der Waals surface area contributed by atoms with Crippen LogP contribution in [0.4, 0.5) is 4.79 Å². The average molecular weight is 485 g/mol. The minimum atomic E-state index is -1.53. The SMILES string of the molecule is CC(C)(C)CC[C@H](NC(=O)OC(C)(C)C)C(=O)NC[C@@H]1CC[C@@H](CCB(O)O)C[C@]1(N)C(=O)O. The van der Waals surface area contributed by atoms with Crippen molar-refractivity contribution in [3.05, 3.63) is 0 Å². The van der Waals surface area contributed by atoms with Gasteiger partial charge in [-0.1, -0.05) is 27.2 Å². The fourth-order valence-corrected chi connectivity index (χ4v) is 4.26. The molecule has 1 rings (SSSR count). The number of carboxylic acid groups (broad SMARTS) is 1. The van der Waals surface area contributed by atoms with Crippen LogP contribution in [0.3, 0.4) is 0 Å². The first-order valence-electron chi connectivity index (χ1n) is 12.1. The summed E-state index contributed by atoms with van der Waals surface area (Å²) >= 11 is 0. The van der Waals surface area contributed by atoms with Gasteiger partial charge in [-0.25, -0.2) is 4.79 Å². The van der Waals surface area contributed by atoms with Crippen LogP contribution in [-0.4, -0.2) is 64.0 Å². The van der Waals surface area contributed by atoms with E-state index >= 15 is 0 Å². The number of hydrogen-bond acceptors (Lipinski definition) is 7. The van der Waals surface area contributed by atoms with Gasteiger partial charge in [0.2, 0.25) is 5.91 Å². The van der Waals surface area contributed by atoms with Crippen LogP contribution in [0.15, 0.2) is 0 Å². The minimum Gasteiger partial charge on any atom is -0.480 e. The van der Waals surface area contributed by atoms with Gasteiger partial charge in [-0.15, -0.1) is 0 Å². The normalized spacial score (nSPS) is 24.1. The van der Waals surface area contributed by atoms with E-state index in [4.69, 9.17) is 20.5 Å². The molecule has 11 heteroatoms. The number of nitrogens with two attached hydrogens (primary N) is 1. The van der Waals surface area contributed by atoms with Crippen LogP contribution in [-0.2, 0) is 14.3 Å². The Morgan fingerprint density at radius 1 is 1.15 bits per heavy atom. The maximum Gasteiger partial charge on any atom is 0.451 e. The molecule has 196 valence electrons. The number of carbonyl (C=O) groups excluding carboxylic acids is 2. The van der Waals surface area contributed by atoms with Gasteiger partial charge < -0.3 is 36.3 Å². The summed E-state index contributed by atoms with van der Waals surface area (Å²) in [7, 11) is -1.43. The summed E-state index contributed by atoms with van der Waals surface area (Å²) in [5.74, 6) is -2.08. The second-order valence-electron chi connectivity index (χ2n) is 11.8. The zero-order chi connectivity index (χ0) is 26.3. The lowest BCUT2D eigenvalue weighted by Gasteiger charge is -2.41. The third-order valence-electron chi connectivity index (χ3n) is 6.22. The lowest BCUT2D eigenvalue weighted by Crippen LogP contribution is -2.60. The zero-order valence-electron chi connectivity index (χ0n) is 21.5. The van der Waals surface area contributed by atoms with E-state index in [0.717, 1.165) is 0 Å². The number of hydrogen-bond donors (Lipinski definition) is 6. The highest BCUT2D eigenvalue weighted by atomic mass is 16.6. The summed E-state index contributed by atoms with van der Waals surface area (Å²) in [6.45, 7) is 11.4. The van der Waals surface area contributed by atoms with Crippen molar-refractivity contribution in [3.63, 3.8) is 0 Å². The van der Waals surface area contributed by atoms with Gasteiger partial charge in [0.25, 0.3) is 0 Å². The van der Waals surface area contributed by atoms with Gasteiger partial charge in [-0.3, -0.25) is 9.59 Å². The summed E-state index contributed by atoms with van der Waals surface area (Å²) in [6, 6.07) is -0.826. The van der Waals surface area contributed by atoms with Crippen LogP contribution in [0.2, 0.25) is 6.32 Å². The Kier molecular flexibility index (Phi) is 10.8. The highest BCUT2D eigenvalue weighted by molar-refractivity contribution is 6.40. The van der Waals surface area contributed by atoms with Crippen molar-refractivity contribution in [2.45, 2.75) is 104 Å². The highest BCUT2D eigenvalue weighted by Gasteiger charge is 2.47. The van der Waals surface area contributed by atoms with Gasteiger partial charge in [0.1, 0.15) is 17.2 Å². The molecule has 0 spiro atoms. The molecule has 0 aromatic heterocycles. The van der Waals surface area contributed by atoms with Crippen LogP contribution in [0.5, 0.6) is 0 Å². The van der Waals surface area contributed by atoms with Crippen molar-refractivity contribution in [1.29, 1.82) is 0 Å². The van der Waals surface area contributed by atoms with Crippen molar-refractivity contribution in [2.75, 3.05) is 6.54 Å². The Morgan fingerprint density at radius 2 is 1.76 bits per heavy atom. The van der Waals surface area contributed by atoms with Gasteiger partial charge in [0.15, 0.2) is 0 Å². The number of nitrogens with one attached hydrogen (secondary N) is 2. The van der Waals surface area contributed by atoms with E-state index < -0.39 is 48.2 Å². The molecular weight excluding hydrogens is 441 g/mol. The van der Waals surface area contributed by atoms with Crippen LogP contribution in [0.25, 0.3) is 0 Å². The second-order valence-corrected chi connectivity index (χ2v) is 11.8. The zero-order valence-corrected chi connectivity index (χ0v) is 21.5. The molecule has 1 aliphatic carbocycles. The molecule has 0 unspecified atom stereocenters. The topological polar surface area (TPSA) is 171 Å². The molecule has 0 aromatic rings. The largest absolute Gasteiger partial charge is 0.480 e. The molecule has 1 aliphatic rings. The standard InChI is InChI=1S/C23H44BN3O7/c1-21(2,3)11-9-17(27-20(31)34-22(4,5)6)18(28)26-14-16-8-7-15(10-12-24(32)33)13-23(16,25)19(29)30/h15-17,32-33H,7-14,25H2,1-6H3,(H,26,28)(H,27,31)(H,29,30)/t15-,16-,17-,23+/m0/s1. The fraction of sp³-hybridized carbons (Fsp3) is 0.870. The summed E-state index contributed by atoms with van der Waals surface area (Å²) < 4.78 is 5.30. The minimum absolute atomic E-state index is 0.0387. The third kappa shape index (κ3) is 10.6. The molecule has 0 saturated heterocycles. The Bertz CT molecular complexity index is 706. The second kappa shape index (κ2) is 12.2. The Labute approximate surface area is 203 Å². The van der Waals surface area contributed by atoms with Gasteiger partial charge in [0, 0.05) is 12.5 Å². The summed E-state index contributed by atoms with van der Waals surface area (Å²) in [5.41, 5.74) is 4.01. The quantitative estimate of drug-likeness (QED) is 0.255. The number of aliphatic carboxylic acids is 1. The number of ether oxygens (including phenoxy) is 1. The van der Waals surface area contributed by atoms with E-state index in [0.29, 0.717) is 32.1 Å².